The molecule has 0 saturated carbocycles. The maximum Gasteiger partial charge on any atom is 0.328 e. The minimum absolute atomic E-state index is 0.0267. The smallest absolute Gasteiger partial charge is 0.328 e. The van der Waals surface area contributed by atoms with Gasteiger partial charge in [-0.05, 0) is 52.6 Å². The summed E-state index contributed by atoms with van der Waals surface area (Å²) in [7, 11) is 1.35. The van der Waals surface area contributed by atoms with Crippen LogP contribution in [0.4, 0.5) is 0 Å². The number of nitrogens with zero attached hydrogens (tertiary/aromatic N) is 1. The number of aliphatic imine (C=N–C) groups is 1. The first-order valence-corrected chi connectivity index (χ1v) is 9.66. The van der Waals surface area contributed by atoms with E-state index >= 15 is 0 Å². The largest absolute Gasteiger partial charge is 0.503 e. The van der Waals surface area contributed by atoms with Crippen molar-refractivity contribution in [3.63, 3.8) is 0 Å². The van der Waals surface area contributed by atoms with E-state index in [1.165, 1.54) is 25.0 Å². The van der Waals surface area contributed by atoms with Gasteiger partial charge in [-0.15, -0.1) is 11.3 Å². The molecule has 0 aromatic carbocycles. The number of allylic oxidation sites excluding steroid dienone is 1. The number of methoxy groups -OCH3 is 1. The predicted molar refractivity (Wildman–Crippen MR) is 111 cm³/mol. The molecule has 3 atom stereocenters. The molecule has 154 valence electrons. The summed E-state index contributed by atoms with van der Waals surface area (Å²) in [6.07, 6.45) is 1.11. The summed E-state index contributed by atoms with van der Waals surface area (Å²) in [5.41, 5.74) is -0.343. The quantitative estimate of drug-likeness (QED) is 0.214. The number of rotatable bonds is 9. The fraction of sp³-hybridized carbons (Fsp3) is 0.450. The number of ether oxygens (including phenoxy) is 2. The number of hydrogen-bond acceptors (Lipinski definition) is 7. The predicted octanol–water partition coefficient (Wildman–Crippen LogP) is 3.62. The number of carbonyl (C=O) groups excluding carboxylic acids is 2. The fourth-order valence-electron chi connectivity index (χ4n) is 2.36. The first-order chi connectivity index (χ1) is 13.2. The molecule has 0 unspecified atom stereocenters. The molecule has 0 bridgehead atoms. The van der Waals surface area contributed by atoms with Gasteiger partial charge in [-0.2, -0.15) is 0 Å². The Hall–Kier alpha value is -2.61. The molecule has 7 nitrogen and oxygen atoms in total. The van der Waals surface area contributed by atoms with Crippen LogP contribution >= 0.6 is 11.3 Å². The van der Waals surface area contributed by atoms with Gasteiger partial charge in [0, 0.05) is 15.7 Å². The Morgan fingerprint density at radius 3 is 2.43 bits per heavy atom. The van der Waals surface area contributed by atoms with Gasteiger partial charge in [0.05, 0.1) is 7.11 Å². The van der Waals surface area contributed by atoms with Crippen LogP contribution in [0.3, 0.4) is 0 Å². The van der Waals surface area contributed by atoms with Crippen LogP contribution in [0.25, 0.3) is 0 Å². The van der Waals surface area contributed by atoms with Crippen LogP contribution in [0.5, 0.6) is 0 Å². The van der Waals surface area contributed by atoms with Crippen molar-refractivity contribution in [1.82, 2.24) is 5.32 Å². The monoisotopic (exact) mass is 408 g/mol. The van der Waals surface area contributed by atoms with E-state index in [1.54, 1.807) is 18.3 Å². The molecule has 2 N–H and O–H groups in total. The Labute approximate surface area is 169 Å². The standard InChI is InChI=1S/C20H28N2O5S/c1-8-15(26-7)18(23)17(21-6)19(24)22-13(4)20(25)27-14(5)12(3)16-10-9-11(2)28-16/h8-10,12-14,23H,6H2,1-5,7H3,(H,22,24)/b15-8+,18-17+/t12-,13+,14+/m1/s1. The third kappa shape index (κ3) is 5.95. The summed E-state index contributed by atoms with van der Waals surface area (Å²) in [6, 6.07) is 3.10. The second-order valence-corrected chi connectivity index (χ2v) is 7.61. The van der Waals surface area contributed by atoms with Crippen LogP contribution < -0.4 is 5.32 Å². The molecule has 28 heavy (non-hydrogen) atoms. The van der Waals surface area contributed by atoms with E-state index < -0.39 is 23.7 Å². The molecular weight excluding hydrogens is 380 g/mol. The van der Waals surface area contributed by atoms with Gasteiger partial charge >= 0.3 is 5.97 Å². The zero-order valence-corrected chi connectivity index (χ0v) is 17.9. The van der Waals surface area contributed by atoms with E-state index in [0.29, 0.717) is 0 Å². The van der Waals surface area contributed by atoms with Crippen LogP contribution in [0.2, 0.25) is 0 Å². The van der Waals surface area contributed by atoms with Crippen molar-refractivity contribution < 1.29 is 24.2 Å². The minimum atomic E-state index is -0.937. The maximum atomic E-state index is 12.4. The van der Waals surface area contributed by atoms with Crippen molar-refractivity contribution in [2.45, 2.75) is 52.7 Å². The molecule has 0 aliphatic carbocycles. The molecule has 1 rings (SSSR count). The lowest BCUT2D eigenvalue weighted by Crippen LogP contribution is -2.41. The van der Waals surface area contributed by atoms with Gasteiger partial charge < -0.3 is 19.9 Å². The molecule has 1 aromatic rings. The Bertz CT molecular complexity index is 781. The van der Waals surface area contributed by atoms with Crippen LogP contribution in [-0.2, 0) is 19.1 Å². The molecule has 1 heterocycles. The lowest BCUT2D eigenvalue weighted by atomic mass is 10.0. The number of aryl methyl sites for hydroxylation is 1. The molecule has 0 radical (unpaired) electrons. The number of hydrogen-bond donors (Lipinski definition) is 2. The van der Waals surface area contributed by atoms with Gasteiger partial charge in [-0.1, -0.05) is 6.92 Å². The summed E-state index contributed by atoms with van der Waals surface area (Å²) in [5.74, 6) is -1.71. The summed E-state index contributed by atoms with van der Waals surface area (Å²) in [4.78, 5) is 30.6. The van der Waals surface area contributed by atoms with Crippen molar-refractivity contribution in [2.75, 3.05) is 7.11 Å². The molecular formula is C20H28N2O5S. The lowest BCUT2D eigenvalue weighted by molar-refractivity contribution is -0.152. The summed E-state index contributed by atoms with van der Waals surface area (Å²) in [5, 5.41) is 12.6. The van der Waals surface area contributed by atoms with Crippen LogP contribution in [0.1, 0.15) is 43.4 Å². The SMILES string of the molecule is C=N/C(C(=O)N[C@@H](C)C(=O)O[C@@H](C)[C@@H](C)c1ccc(C)s1)=C(O)\C(=C/C)OC. The third-order valence-corrected chi connectivity index (χ3v) is 5.43. The summed E-state index contributed by atoms with van der Waals surface area (Å²) >= 11 is 1.66. The van der Waals surface area contributed by atoms with E-state index in [9.17, 15) is 14.7 Å². The lowest BCUT2D eigenvalue weighted by Gasteiger charge is -2.22. The van der Waals surface area contributed by atoms with Crippen molar-refractivity contribution >= 4 is 29.9 Å². The van der Waals surface area contributed by atoms with Crippen molar-refractivity contribution in [2.24, 2.45) is 4.99 Å². The number of carbonyl (C=O) groups is 2. The van der Waals surface area contributed by atoms with Crippen molar-refractivity contribution in [3.8, 4) is 0 Å². The molecule has 1 amide bonds. The second kappa shape index (κ2) is 10.7. The van der Waals surface area contributed by atoms with Gasteiger partial charge in [-0.3, -0.25) is 9.79 Å². The number of aliphatic hydroxyl groups is 1. The van der Waals surface area contributed by atoms with E-state index in [0.717, 1.165) is 4.88 Å². The van der Waals surface area contributed by atoms with Gasteiger partial charge in [0.2, 0.25) is 0 Å². The number of esters is 1. The molecule has 0 fully saturated rings. The first kappa shape index (κ1) is 23.4. The summed E-state index contributed by atoms with van der Waals surface area (Å²) in [6.45, 7) is 12.2. The maximum absolute atomic E-state index is 12.4. The Morgan fingerprint density at radius 2 is 1.96 bits per heavy atom. The van der Waals surface area contributed by atoms with Gasteiger partial charge in [0.1, 0.15) is 12.1 Å². The highest BCUT2D eigenvalue weighted by Gasteiger charge is 2.26. The van der Waals surface area contributed by atoms with Crippen molar-refractivity contribution in [1.29, 1.82) is 0 Å². The zero-order valence-electron chi connectivity index (χ0n) is 17.1. The Balaban J connectivity index is 2.78. The average Bonchev–Trinajstić information content (AvgIpc) is 3.08. The number of nitrogens with one attached hydrogen (secondary N) is 1. The average molecular weight is 409 g/mol. The highest BCUT2D eigenvalue weighted by molar-refractivity contribution is 7.12. The molecule has 0 aliphatic rings. The molecule has 0 aliphatic heterocycles. The van der Waals surface area contributed by atoms with E-state index in [4.69, 9.17) is 9.47 Å². The van der Waals surface area contributed by atoms with Crippen LogP contribution in [-0.4, -0.2) is 43.0 Å². The van der Waals surface area contributed by atoms with Crippen LogP contribution in [0.15, 0.2) is 40.4 Å². The van der Waals surface area contributed by atoms with Gasteiger partial charge in [0.15, 0.2) is 17.2 Å². The number of thiophene rings is 1. The molecule has 0 saturated heterocycles. The Morgan fingerprint density at radius 1 is 1.32 bits per heavy atom. The molecule has 0 spiro atoms. The summed E-state index contributed by atoms with van der Waals surface area (Å²) < 4.78 is 10.5. The minimum Gasteiger partial charge on any atom is -0.503 e. The van der Waals surface area contributed by atoms with Gasteiger partial charge in [0.25, 0.3) is 5.91 Å². The zero-order chi connectivity index (χ0) is 21.4. The first-order valence-electron chi connectivity index (χ1n) is 8.84. The van der Waals surface area contributed by atoms with Gasteiger partial charge in [-0.25, -0.2) is 4.79 Å². The Kier molecular flexibility index (Phi) is 8.91. The third-order valence-electron chi connectivity index (χ3n) is 4.23. The topological polar surface area (TPSA) is 97.2 Å². The highest BCUT2D eigenvalue weighted by Crippen LogP contribution is 2.28. The molecule has 8 heteroatoms. The highest BCUT2D eigenvalue weighted by atomic mass is 32.1. The normalized spacial score (nSPS) is 15.7. The van der Waals surface area contributed by atoms with Crippen molar-refractivity contribution in [3.05, 3.63) is 45.2 Å². The fourth-order valence-corrected chi connectivity index (χ4v) is 3.38. The van der Waals surface area contributed by atoms with E-state index in [2.05, 4.69) is 17.0 Å². The number of aliphatic hydroxyl groups excluding tert-OH is 1. The number of amides is 1. The van der Waals surface area contributed by atoms with E-state index in [1.807, 2.05) is 32.9 Å². The molecule has 1 aromatic heterocycles. The van der Waals surface area contributed by atoms with E-state index in [-0.39, 0.29) is 23.5 Å². The van der Waals surface area contributed by atoms with Crippen LogP contribution in [0, 0.1) is 6.92 Å². The second-order valence-electron chi connectivity index (χ2n) is 6.29.